The van der Waals surface area contributed by atoms with Gasteiger partial charge in [-0.2, -0.15) is 4.52 Å². The molecule has 0 spiro atoms. The fourth-order valence-electron chi connectivity index (χ4n) is 3.06. The van der Waals surface area contributed by atoms with E-state index in [1.807, 2.05) is 24.3 Å². The molecule has 0 saturated carbocycles. The van der Waals surface area contributed by atoms with Crippen LogP contribution in [0.15, 0.2) is 54.6 Å². The van der Waals surface area contributed by atoms with Gasteiger partial charge in [-0.25, -0.2) is 0 Å². The van der Waals surface area contributed by atoms with E-state index in [-0.39, 0.29) is 35.3 Å². The summed E-state index contributed by atoms with van der Waals surface area (Å²) in [6.07, 6.45) is 0. The molecule has 0 atom stereocenters. The van der Waals surface area contributed by atoms with Crippen LogP contribution in [-0.2, 0) is 0 Å². The lowest BCUT2D eigenvalue weighted by Crippen LogP contribution is -2.28. The van der Waals surface area contributed by atoms with Gasteiger partial charge in [0.05, 0.1) is 18.6 Å². The second-order valence-corrected chi connectivity index (χ2v) is 7.16. The summed E-state index contributed by atoms with van der Waals surface area (Å²) < 4.78 is 12.4. The van der Waals surface area contributed by atoms with E-state index in [1.54, 1.807) is 19.2 Å². The molecule has 4 rings (SSSR count). The van der Waals surface area contributed by atoms with Crippen LogP contribution in [0.1, 0.15) is 10.4 Å². The number of carbonyl (C=O) groups is 1. The fourth-order valence-corrected chi connectivity index (χ4v) is 3.23. The van der Waals surface area contributed by atoms with Crippen molar-refractivity contribution in [1.82, 2.24) is 25.1 Å². The highest BCUT2D eigenvalue weighted by atomic mass is 35.5. The molecule has 4 aromatic rings. The first-order valence-corrected chi connectivity index (χ1v) is 10.1. The van der Waals surface area contributed by atoms with Crippen LogP contribution >= 0.6 is 11.6 Å². The summed E-state index contributed by atoms with van der Waals surface area (Å²) in [4.78, 5) is 22.8. The Morgan fingerprint density at radius 1 is 1.18 bits per heavy atom. The van der Waals surface area contributed by atoms with Gasteiger partial charge in [0.15, 0.2) is 11.5 Å². The average Bonchev–Trinajstić information content (AvgIpc) is 3.24. The Balaban J connectivity index is 1.43. The summed E-state index contributed by atoms with van der Waals surface area (Å²) in [5, 5.41) is 26.6. The highest BCUT2D eigenvalue weighted by Crippen LogP contribution is 2.24. The van der Waals surface area contributed by atoms with Crippen molar-refractivity contribution in [2.75, 3.05) is 20.3 Å². The van der Waals surface area contributed by atoms with Crippen LogP contribution in [0.25, 0.3) is 17.0 Å². The molecule has 12 heteroatoms. The molecule has 0 aliphatic rings. The van der Waals surface area contributed by atoms with E-state index in [2.05, 4.69) is 20.6 Å². The van der Waals surface area contributed by atoms with Crippen molar-refractivity contribution in [3.8, 4) is 23.0 Å². The highest BCUT2D eigenvalue weighted by Gasteiger charge is 2.20. The number of nitrogens with one attached hydrogen (secondary N) is 1. The average molecular weight is 469 g/mol. The summed E-state index contributed by atoms with van der Waals surface area (Å²) in [5.41, 5.74) is 0.839. The number of aromatic nitrogens is 4. The molecule has 1 N–H and O–H groups in total. The van der Waals surface area contributed by atoms with Crippen LogP contribution < -0.4 is 14.8 Å². The van der Waals surface area contributed by atoms with Gasteiger partial charge in [0.1, 0.15) is 17.9 Å². The molecule has 0 aliphatic carbocycles. The lowest BCUT2D eigenvalue weighted by molar-refractivity contribution is -0.385. The first-order chi connectivity index (χ1) is 16.0. The quantitative estimate of drug-likeness (QED) is 0.237. The number of nitrogens with zero attached hydrogens (tertiary/aromatic N) is 5. The zero-order valence-corrected chi connectivity index (χ0v) is 18.0. The Hall–Kier alpha value is -4.25. The maximum Gasteiger partial charge on any atom is 0.282 e. The van der Waals surface area contributed by atoms with Crippen LogP contribution in [0.5, 0.6) is 11.6 Å². The number of benzene rings is 2. The fraction of sp³-hybridized carbons (Fsp3) is 0.143. The minimum atomic E-state index is -0.639. The number of halogens is 1. The van der Waals surface area contributed by atoms with Gasteiger partial charge in [-0.3, -0.25) is 14.9 Å². The number of amides is 1. The molecule has 2 aromatic heterocycles. The van der Waals surface area contributed by atoms with Gasteiger partial charge in [-0.05, 0) is 30.3 Å². The molecule has 0 aliphatic heterocycles. The van der Waals surface area contributed by atoms with Crippen molar-refractivity contribution in [3.05, 3.63) is 75.3 Å². The van der Waals surface area contributed by atoms with Crippen LogP contribution in [0, 0.1) is 10.1 Å². The predicted octanol–water partition coefficient (Wildman–Crippen LogP) is 3.17. The van der Waals surface area contributed by atoms with E-state index >= 15 is 0 Å². The van der Waals surface area contributed by atoms with Crippen molar-refractivity contribution in [2.45, 2.75) is 0 Å². The second kappa shape index (κ2) is 9.49. The molecule has 0 radical (unpaired) electrons. The van der Waals surface area contributed by atoms with Gasteiger partial charge in [-0.15, -0.1) is 15.3 Å². The van der Waals surface area contributed by atoms with Crippen molar-refractivity contribution < 1.29 is 19.2 Å². The highest BCUT2D eigenvalue weighted by molar-refractivity contribution is 6.31. The zero-order valence-electron chi connectivity index (χ0n) is 17.3. The van der Waals surface area contributed by atoms with Gasteiger partial charge in [0.2, 0.25) is 5.88 Å². The molecule has 2 heterocycles. The number of hydrogen-bond donors (Lipinski definition) is 1. The van der Waals surface area contributed by atoms with Crippen molar-refractivity contribution in [1.29, 1.82) is 0 Å². The first kappa shape index (κ1) is 22.0. The molecule has 0 unspecified atom stereocenters. The zero-order chi connectivity index (χ0) is 23.4. The lowest BCUT2D eigenvalue weighted by atomic mass is 10.1. The Bertz CT molecular complexity index is 1340. The number of rotatable bonds is 8. The summed E-state index contributed by atoms with van der Waals surface area (Å²) in [6.45, 7) is 0.169. The second-order valence-electron chi connectivity index (χ2n) is 6.72. The van der Waals surface area contributed by atoms with E-state index < -0.39 is 10.8 Å². The Morgan fingerprint density at radius 2 is 2.03 bits per heavy atom. The van der Waals surface area contributed by atoms with Gasteiger partial charge in [0.25, 0.3) is 11.6 Å². The molecule has 0 fully saturated rings. The third kappa shape index (κ3) is 4.83. The minimum absolute atomic E-state index is 0.0786. The third-order valence-electron chi connectivity index (χ3n) is 4.60. The summed E-state index contributed by atoms with van der Waals surface area (Å²) in [6, 6.07) is 14.4. The van der Waals surface area contributed by atoms with Gasteiger partial charge in [0, 0.05) is 22.7 Å². The number of methoxy groups -OCH3 is 1. The Kier molecular flexibility index (Phi) is 6.31. The molecule has 11 nitrogen and oxygen atoms in total. The standard InChI is InChI=1S/C21H17ClN6O5/c1-32-15-4-2-3-13(11-15)20-25-24-18-7-8-19(26-27(18)20)33-10-9-23-21(29)16-12-14(22)5-6-17(16)28(30)31/h2-8,11-12H,9-10H2,1H3,(H,23,29). The lowest BCUT2D eigenvalue weighted by Gasteiger charge is -2.08. The van der Waals surface area contributed by atoms with Crippen LogP contribution in [0.3, 0.4) is 0 Å². The van der Waals surface area contributed by atoms with Crippen molar-refractivity contribution in [3.63, 3.8) is 0 Å². The molecule has 0 saturated heterocycles. The van der Waals surface area contributed by atoms with Crippen molar-refractivity contribution >= 4 is 28.8 Å². The number of nitro groups is 1. The number of nitro benzene ring substituents is 1. The molecular weight excluding hydrogens is 452 g/mol. The van der Waals surface area contributed by atoms with Gasteiger partial charge < -0.3 is 14.8 Å². The van der Waals surface area contributed by atoms with Crippen molar-refractivity contribution in [2.24, 2.45) is 0 Å². The van der Waals surface area contributed by atoms with Crippen LogP contribution in [0.4, 0.5) is 5.69 Å². The third-order valence-corrected chi connectivity index (χ3v) is 4.84. The van der Waals surface area contributed by atoms with Crippen LogP contribution in [-0.4, -0.2) is 50.9 Å². The molecule has 1 amide bonds. The summed E-state index contributed by atoms with van der Waals surface area (Å²) in [7, 11) is 1.58. The van der Waals surface area contributed by atoms with Gasteiger partial charge >= 0.3 is 0 Å². The number of carbonyl (C=O) groups excluding carboxylic acids is 1. The molecular formula is C21H17ClN6O5. The largest absolute Gasteiger partial charge is 0.497 e. The minimum Gasteiger partial charge on any atom is -0.497 e. The predicted molar refractivity (Wildman–Crippen MR) is 119 cm³/mol. The molecule has 168 valence electrons. The van der Waals surface area contributed by atoms with E-state index in [1.165, 1.54) is 22.7 Å². The SMILES string of the molecule is COc1cccc(-c2nnc3ccc(OCCNC(=O)c4cc(Cl)ccc4[N+](=O)[O-])nn23)c1. The first-order valence-electron chi connectivity index (χ1n) is 9.68. The molecule has 0 bridgehead atoms. The summed E-state index contributed by atoms with van der Waals surface area (Å²) >= 11 is 5.86. The van der Waals surface area contributed by atoms with E-state index in [0.29, 0.717) is 17.2 Å². The smallest absolute Gasteiger partial charge is 0.282 e. The maximum absolute atomic E-state index is 12.4. The Labute approximate surface area is 192 Å². The topological polar surface area (TPSA) is 134 Å². The van der Waals surface area contributed by atoms with Gasteiger partial charge in [-0.1, -0.05) is 23.7 Å². The van der Waals surface area contributed by atoms with E-state index in [4.69, 9.17) is 21.1 Å². The number of hydrogen-bond acceptors (Lipinski definition) is 8. The van der Waals surface area contributed by atoms with Crippen LogP contribution in [0.2, 0.25) is 5.02 Å². The number of ether oxygens (including phenoxy) is 2. The Morgan fingerprint density at radius 3 is 2.82 bits per heavy atom. The normalized spacial score (nSPS) is 10.7. The maximum atomic E-state index is 12.4. The molecule has 2 aromatic carbocycles. The number of fused-ring (bicyclic) bond motifs is 1. The molecule has 33 heavy (non-hydrogen) atoms. The monoisotopic (exact) mass is 468 g/mol. The van der Waals surface area contributed by atoms with E-state index in [9.17, 15) is 14.9 Å². The van der Waals surface area contributed by atoms with E-state index in [0.717, 1.165) is 5.56 Å². The summed E-state index contributed by atoms with van der Waals surface area (Å²) in [5.74, 6) is 0.841.